The van der Waals surface area contributed by atoms with Gasteiger partial charge in [0, 0.05) is 18.2 Å². The minimum absolute atomic E-state index is 0.0856. The average molecular weight is 330 g/mol. The van der Waals surface area contributed by atoms with Gasteiger partial charge in [0.05, 0.1) is 5.60 Å². The third-order valence-electron chi connectivity index (χ3n) is 5.72. The van der Waals surface area contributed by atoms with Crippen molar-refractivity contribution in [2.75, 3.05) is 25.0 Å². The van der Waals surface area contributed by atoms with E-state index >= 15 is 0 Å². The Balaban J connectivity index is 1.44. The molecule has 0 unspecified atom stereocenters. The van der Waals surface area contributed by atoms with Crippen molar-refractivity contribution in [1.82, 2.24) is 4.90 Å². The van der Waals surface area contributed by atoms with Crippen molar-refractivity contribution in [3.63, 3.8) is 0 Å². The summed E-state index contributed by atoms with van der Waals surface area (Å²) in [6.45, 7) is 4.86. The molecule has 1 saturated heterocycles. The number of likely N-dealkylation sites (tertiary alicyclic amines) is 1. The molecule has 1 aliphatic heterocycles. The van der Waals surface area contributed by atoms with E-state index in [1.165, 1.54) is 0 Å². The summed E-state index contributed by atoms with van der Waals surface area (Å²) >= 11 is 0. The van der Waals surface area contributed by atoms with Gasteiger partial charge < -0.3 is 15.3 Å². The van der Waals surface area contributed by atoms with Crippen LogP contribution in [0.4, 0.5) is 5.69 Å². The van der Waals surface area contributed by atoms with Crippen LogP contribution in [-0.2, 0) is 4.79 Å². The Kier molecular flexibility index (Phi) is 5.57. The first-order chi connectivity index (χ1) is 11.5. The lowest BCUT2D eigenvalue weighted by atomic mass is 9.79. The van der Waals surface area contributed by atoms with Crippen LogP contribution in [0.15, 0.2) is 30.3 Å². The standard InChI is InChI=1S/C20H30N2O2/c1-16-7-11-20(24,12-8-16)15-22-13-9-17(10-14-22)19(23)21-18-5-3-2-4-6-18/h2-6,16-17,24H,7-15H2,1H3,(H,21,23). The summed E-state index contributed by atoms with van der Waals surface area (Å²) in [6, 6.07) is 9.66. The van der Waals surface area contributed by atoms with Gasteiger partial charge in [0.1, 0.15) is 0 Å². The highest BCUT2D eigenvalue weighted by Crippen LogP contribution is 2.33. The highest BCUT2D eigenvalue weighted by Gasteiger charge is 2.35. The molecule has 4 nitrogen and oxygen atoms in total. The zero-order valence-electron chi connectivity index (χ0n) is 14.7. The van der Waals surface area contributed by atoms with Crippen LogP contribution < -0.4 is 5.32 Å². The molecule has 1 aromatic carbocycles. The van der Waals surface area contributed by atoms with Crippen molar-refractivity contribution in [3.05, 3.63) is 30.3 Å². The number of nitrogens with one attached hydrogen (secondary N) is 1. The van der Waals surface area contributed by atoms with Gasteiger partial charge in [-0.1, -0.05) is 25.1 Å². The summed E-state index contributed by atoms with van der Waals surface area (Å²) in [6.07, 6.45) is 5.86. The number of hydrogen-bond acceptors (Lipinski definition) is 3. The molecule has 1 amide bonds. The second-order valence-electron chi connectivity index (χ2n) is 7.81. The van der Waals surface area contributed by atoms with Crippen LogP contribution in [0, 0.1) is 11.8 Å². The first-order valence-corrected chi connectivity index (χ1v) is 9.35. The van der Waals surface area contributed by atoms with Crippen molar-refractivity contribution in [3.8, 4) is 0 Å². The van der Waals surface area contributed by atoms with Crippen LogP contribution in [0.3, 0.4) is 0 Å². The second-order valence-corrected chi connectivity index (χ2v) is 7.81. The molecular weight excluding hydrogens is 300 g/mol. The number of β-amino-alcohol motifs (C(OH)–C–C–N with tert-alkyl or cyclic N) is 1. The Morgan fingerprint density at radius 2 is 1.79 bits per heavy atom. The Bertz CT molecular complexity index is 530. The molecule has 0 atom stereocenters. The van der Waals surface area contributed by atoms with Crippen LogP contribution in [0.25, 0.3) is 0 Å². The van der Waals surface area contributed by atoms with E-state index in [9.17, 15) is 9.90 Å². The number of anilines is 1. The molecule has 1 aromatic rings. The summed E-state index contributed by atoms with van der Waals surface area (Å²) in [7, 11) is 0. The predicted molar refractivity (Wildman–Crippen MR) is 96.8 cm³/mol. The number of benzene rings is 1. The van der Waals surface area contributed by atoms with Gasteiger partial charge in [0.15, 0.2) is 0 Å². The van der Waals surface area contributed by atoms with Gasteiger partial charge in [-0.05, 0) is 69.7 Å². The molecule has 0 bridgehead atoms. The summed E-state index contributed by atoms with van der Waals surface area (Å²) in [5.74, 6) is 0.964. The molecule has 24 heavy (non-hydrogen) atoms. The zero-order valence-corrected chi connectivity index (χ0v) is 14.7. The van der Waals surface area contributed by atoms with E-state index < -0.39 is 5.60 Å². The zero-order chi connectivity index (χ0) is 17.0. The first kappa shape index (κ1) is 17.4. The molecular formula is C20H30N2O2. The molecule has 2 N–H and O–H groups in total. The van der Waals surface area contributed by atoms with E-state index in [0.29, 0.717) is 0 Å². The quantitative estimate of drug-likeness (QED) is 0.891. The Hall–Kier alpha value is -1.39. The van der Waals surface area contributed by atoms with Crippen molar-refractivity contribution < 1.29 is 9.90 Å². The van der Waals surface area contributed by atoms with Crippen LogP contribution in [0.1, 0.15) is 45.4 Å². The van der Waals surface area contributed by atoms with Gasteiger partial charge in [-0.2, -0.15) is 0 Å². The number of aliphatic hydroxyl groups is 1. The number of hydrogen-bond donors (Lipinski definition) is 2. The van der Waals surface area contributed by atoms with Crippen LogP contribution in [-0.4, -0.2) is 41.1 Å². The summed E-state index contributed by atoms with van der Waals surface area (Å²) < 4.78 is 0. The second kappa shape index (κ2) is 7.66. The third kappa shape index (κ3) is 4.58. The highest BCUT2D eigenvalue weighted by atomic mass is 16.3. The van der Waals surface area contributed by atoms with E-state index in [-0.39, 0.29) is 11.8 Å². The highest BCUT2D eigenvalue weighted by molar-refractivity contribution is 5.92. The molecule has 2 aliphatic rings. The fraction of sp³-hybridized carbons (Fsp3) is 0.650. The molecule has 2 fully saturated rings. The number of amides is 1. The molecule has 0 spiro atoms. The molecule has 0 radical (unpaired) electrons. The fourth-order valence-corrected chi connectivity index (χ4v) is 3.99. The topological polar surface area (TPSA) is 52.6 Å². The lowest BCUT2D eigenvalue weighted by molar-refractivity contribution is -0.121. The predicted octanol–water partition coefficient (Wildman–Crippen LogP) is 3.28. The van der Waals surface area contributed by atoms with Crippen LogP contribution >= 0.6 is 0 Å². The van der Waals surface area contributed by atoms with E-state index in [0.717, 1.165) is 69.8 Å². The molecule has 1 saturated carbocycles. The Labute approximate surface area is 145 Å². The van der Waals surface area contributed by atoms with Crippen molar-refractivity contribution in [2.45, 2.75) is 51.0 Å². The summed E-state index contributed by atoms with van der Waals surface area (Å²) in [5, 5.41) is 13.8. The smallest absolute Gasteiger partial charge is 0.227 e. The maximum Gasteiger partial charge on any atom is 0.227 e. The average Bonchev–Trinajstić information content (AvgIpc) is 2.59. The maximum atomic E-state index is 12.4. The number of rotatable bonds is 4. The number of carbonyl (C=O) groups is 1. The number of para-hydroxylation sites is 1. The van der Waals surface area contributed by atoms with E-state index in [1.54, 1.807) is 0 Å². The monoisotopic (exact) mass is 330 g/mol. The van der Waals surface area contributed by atoms with Crippen molar-refractivity contribution in [1.29, 1.82) is 0 Å². The fourth-order valence-electron chi connectivity index (χ4n) is 3.99. The lowest BCUT2D eigenvalue weighted by Gasteiger charge is -2.41. The van der Waals surface area contributed by atoms with E-state index in [2.05, 4.69) is 17.1 Å². The first-order valence-electron chi connectivity index (χ1n) is 9.35. The minimum Gasteiger partial charge on any atom is -0.389 e. The molecule has 132 valence electrons. The van der Waals surface area contributed by atoms with Gasteiger partial charge in [-0.15, -0.1) is 0 Å². The number of carbonyl (C=O) groups excluding carboxylic acids is 1. The molecule has 1 aliphatic carbocycles. The molecule has 1 heterocycles. The number of piperidine rings is 1. The molecule has 0 aromatic heterocycles. The number of nitrogens with zero attached hydrogens (tertiary/aromatic N) is 1. The largest absolute Gasteiger partial charge is 0.389 e. The third-order valence-corrected chi connectivity index (χ3v) is 5.72. The molecule has 3 rings (SSSR count). The van der Waals surface area contributed by atoms with Crippen molar-refractivity contribution >= 4 is 11.6 Å². The van der Waals surface area contributed by atoms with Gasteiger partial charge in [-0.25, -0.2) is 0 Å². The minimum atomic E-state index is -0.508. The van der Waals surface area contributed by atoms with E-state index in [4.69, 9.17) is 0 Å². The van der Waals surface area contributed by atoms with Gasteiger partial charge in [-0.3, -0.25) is 4.79 Å². The summed E-state index contributed by atoms with van der Waals surface area (Å²) in [5.41, 5.74) is 0.363. The Morgan fingerprint density at radius 3 is 2.42 bits per heavy atom. The SMILES string of the molecule is CC1CCC(O)(CN2CCC(C(=O)Nc3ccccc3)CC2)CC1. The Morgan fingerprint density at radius 1 is 1.17 bits per heavy atom. The normalized spacial score (nSPS) is 29.3. The van der Waals surface area contributed by atoms with Gasteiger partial charge >= 0.3 is 0 Å². The van der Waals surface area contributed by atoms with Crippen LogP contribution in [0.2, 0.25) is 0 Å². The summed E-state index contributed by atoms with van der Waals surface area (Å²) in [4.78, 5) is 14.7. The van der Waals surface area contributed by atoms with Crippen molar-refractivity contribution in [2.24, 2.45) is 11.8 Å². The maximum absolute atomic E-state index is 12.4. The van der Waals surface area contributed by atoms with E-state index in [1.807, 2.05) is 30.3 Å². The van der Waals surface area contributed by atoms with Gasteiger partial charge in [0.2, 0.25) is 5.91 Å². The lowest BCUT2D eigenvalue weighted by Crippen LogP contribution is -2.48. The van der Waals surface area contributed by atoms with Gasteiger partial charge in [0.25, 0.3) is 0 Å². The molecule has 4 heteroatoms. The van der Waals surface area contributed by atoms with Crippen LogP contribution in [0.5, 0.6) is 0 Å².